The van der Waals surface area contributed by atoms with Crippen LogP contribution in [0, 0.1) is 5.92 Å². The molecule has 1 unspecified atom stereocenters. The molecule has 0 spiro atoms. The summed E-state index contributed by atoms with van der Waals surface area (Å²) in [4.78, 5) is 4.15. The maximum Gasteiger partial charge on any atom is 0.416 e. The lowest BCUT2D eigenvalue weighted by molar-refractivity contribution is -0.137. The van der Waals surface area contributed by atoms with E-state index in [0.717, 1.165) is 30.9 Å². The molecule has 0 bridgehead atoms. The van der Waals surface area contributed by atoms with Crippen molar-refractivity contribution in [3.63, 3.8) is 0 Å². The Hall–Kier alpha value is -1.72. The molecule has 0 amide bonds. The van der Waals surface area contributed by atoms with Crippen molar-refractivity contribution in [3.8, 4) is 0 Å². The van der Waals surface area contributed by atoms with E-state index in [9.17, 15) is 13.2 Å². The molecule has 0 heterocycles. The van der Waals surface area contributed by atoms with Gasteiger partial charge in [0, 0.05) is 20.1 Å². The number of hydrogen-bond acceptors (Lipinski definition) is 1. The van der Waals surface area contributed by atoms with Crippen molar-refractivity contribution in [3.05, 3.63) is 35.4 Å². The van der Waals surface area contributed by atoms with E-state index in [4.69, 9.17) is 0 Å². The molecule has 2 rings (SSSR count). The minimum absolute atomic E-state index is 0.0475. The summed E-state index contributed by atoms with van der Waals surface area (Å²) in [5.41, 5.74) is 0.124. The highest BCUT2D eigenvalue weighted by atomic mass is 19.4. The summed E-state index contributed by atoms with van der Waals surface area (Å²) in [5.74, 6) is 1.57. The monoisotopic (exact) mass is 327 g/mol. The van der Waals surface area contributed by atoms with Crippen molar-refractivity contribution in [2.45, 2.75) is 38.3 Å². The first kappa shape index (κ1) is 17.6. The second-order valence-corrected chi connectivity index (χ2v) is 6.14. The quantitative estimate of drug-likeness (QED) is 0.616. The Morgan fingerprint density at radius 2 is 2.04 bits per heavy atom. The van der Waals surface area contributed by atoms with Gasteiger partial charge in [0.15, 0.2) is 5.96 Å². The number of alkyl halides is 3. The van der Waals surface area contributed by atoms with Gasteiger partial charge in [-0.15, -0.1) is 0 Å². The third-order valence-corrected chi connectivity index (χ3v) is 4.13. The van der Waals surface area contributed by atoms with Crippen molar-refractivity contribution in [2.75, 3.05) is 20.1 Å². The lowest BCUT2D eigenvalue weighted by Gasteiger charge is -2.16. The molecular weight excluding hydrogens is 303 g/mol. The molecule has 3 nitrogen and oxygen atoms in total. The molecule has 0 aromatic heterocycles. The molecular formula is C17H24F3N3. The fraction of sp³-hybridized carbons (Fsp3) is 0.588. The molecule has 1 aromatic carbocycles. The van der Waals surface area contributed by atoms with Gasteiger partial charge < -0.3 is 10.6 Å². The summed E-state index contributed by atoms with van der Waals surface area (Å²) in [6, 6.07) is 5.57. The lowest BCUT2D eigenvalue weighted by Crippen LogP contribution is -2.39. The van der Waals surface area contributed by atoms with Crippen LogP contribution < -0.4 is 10.6 Å². The molecule has 0 aliphatic heterocycles. The van der Waals surface area contributed by atoms with Gasteiger partial charge in [-0.25, -0.2) is 0 Å². The van der Waals surface area contributed by atoms with Gasteiger partial charge in [0.1, 0.15) is 0 Å². The van der Waals surface area contributed by atoms with Crippen LogP contribution >= 0.6 is 0 Å². The largest absolute Gasteiger partial charge is 0.416 e. The fourth-order valence-electron chi connectivity index (χ4n) is 2.38. The van der Waals surface area contributed by atoms with E-state index in [1.54, 1.807) is 13.1 Å². The number of aliphatic imine (C=N–C) groups is 1. The van der Waals surface area contributed by atoms with E-state index < -0.39 is 11.7 Å². The first-order chi connectivity index (χ1) is 10.9. The van der Waals surface area contributed by atoms with Crippen molar-refractivity contribution < 1.29 is 13.2 Å². The topological polar surface area (TPSA) is 36.4 Å². The molecule has 1 atom stereocenters. The number of guanidine groups is 1. The van der Waals surface area contributed by atoms with Crippen LogP contribution in [-0.4, -0.2) is 26.1 Å². The molecule has 1 aliphatic rings. The van der Waals surface area contributed by atoms with Gasteiger partial charge in [-0.1, -0.05) is 25.1 Å². The average Bonchev–Trinajstić information content (AvgIpc) is 3.34. The lowest BCUT2D eigenvalue weighted by atomic mass is 9.96. The zero-order chi connectivity index (χ0) is 16.9. The molecule has 0 radical (unpaired) electrons. The standard InChI is InChI=1S/C17H24F3N3/c1-12(14-4-3-5-15(10-14)17(18,19)20)8-9-22-16(21-2)23-11-13-6-7-13/h3-5,10,12-13H,6-9,11H2,1-2H3,(H2,21,22,23). The Balaban J connectivity index is 1.80. The number of nitrogens with zero attached hydrogens (tertiary/aromatic N) is 1. The van der Waals surface area contributed by atoms with E-state index >= 15 is 0 Å². The predicted octanol–water partition coefficient (Wildman–Crippen LogP) is 3.77. The normalized spacial score (nSPS) is 17.0. The van der Waals surface area contributed by atoms with Crippen LogP contribution in [0.3, 0.4) is 0 Å². The van der Waals surface area contributed by atoms with Crippen LogP contribution in [0.5, 0.6) is 0 Å². The summed E-state index contributed by atoms with van der Waals surface area (Å²) >= 11 is 0. The van der Waals surface area contributed by atoms with Gasteiger partial charge in [0.25, 0.3) is 0 Å². The van der Waals surface area contributed by atoms with E-state index in [2.05, 4.69) is 15.6 Å². The molecule has 23 heavy (non-hydrogen) atoms. The summed E-state index contributed by atoms with van der Waals surface area (Å²) in [5, 5.41) is 6.48. The smallest absolute Gasteiger partial charge is 0.356 e. The molecule has 1 aliphatic carbocycles. The number of benzene rings is 1. The fourth-order valence-corrected chi connectivity index (χ4v) is 2.38. The van der Waals surface area contributed by atoms with Gasteiger partial charge in [-0.2, -0.15) is 13.2 Å². The highest BCUT2D eigenvalue weighted by Crippen LogP contribution is 2.31. The van der Waals surface area contributed by atoms with Crippen LogP contribution in [0.25, 0.3) is 0 Å². The second kappa shape index (κ2) is 7.70. The summed E-state index contributed by atoms with van der Waals surface area (Å²) in [6.45, 7) is 3.54. The highest BCUT2D eigenvalue weighted by molar-refractivity contribution is 5.79. The second-order valence-electron chi connectivity index (χ2n) is 6.14. The minimum Gasteiger partial charge on any atom is -0.356 e. The summed E-state index contributed by atoms with van der Waals surface area (Å²) in [7, 11) is 1.72. The van der Waals surface area contributed by atoms with Crippen LogP contribution in [0.2, 0.25) is 0 Å². The Kier molecular flexibility index (Phi) is 5.91. The third kappa shape index (κ3) is 5.77. The molecule has 1 saturated carbocycles. The Labute approximate surface area is 135 Å². The predicted molar refractivity (Wildman–Crippen MR) is 86.6 cm³/mol. The number of hydrogen-bond donors (Lipinski definition) is 2. The first-order valence-electron chi connectivity index (χ1n) is 8.02. The van der Waals surface area contributed by atoms with Crippen molar-refractivity contribution in [2.24, 2.45) is 10.9 Å². The van der Waals surface area contributed by atoms with Crippen LogP contribution in [0.4, 0.5) is 13.2 Å². The van der Waals surface area contributed by atoms with Crippen molar-refractivity contribution in [1.82, 2.24) is 10.6 Å². The maximum absolute atomic E-state index is 12.8. The Morgan fingerprint density at radius 1 is 1.30 bits per heavy atom. The zero-order valence-corrected chi connectivity index (χ0v) is 13.6. The molecule has 0 saturated heterocycles. The van der Waals surface area contributed by atoms with Crippen molar-refractivity contribution in [1.29, 1.82) is 0 Å². The number of halogens is 3. The van der Waals surface area contributed by atoms with Gasteiger partial charge in [-0.05, 0) is 42.7 Å². The zero-order valence-electron chi connectivity index (χ0n) is 13.6. The average molecular weight is 327 g/mol. The van der Waals surface area contributed by atoms with Gasteiger partial charge in [0.05, 0.1) is 5.56 Å². The van der Waals surface area contributed by atoms with Gasteiger partial charge >= 0.3 is 6.18 Å². The Bertz CT molecular complexity index is 536. The number of nitrogens with one attached hydrogen (secondary N) is 2. The van der Waals surface area contributed by atoms with Gasteiger partial charge in [0.2, 0.25) is 0 Å². The molecule has 6 heteroatoms. The first-order valence-corrected chi connectivity index (χ1v) is 8.02. The van der Waals surface area contributed by atoms with E-state index in [-0.39, 0.29) is 5.92 Å². The molecule has 128 valence electrons. The van der Waals surface area contributed by atoms with E-state index in [1.165, 1.54) is 25.0 Å². The third-order valence-electron chi connectivity index (χ3n) is 4.13. The summed E-state index contributed by atoms with van der Waals surface area (Å²) in [6.07, 6.45) is -0.999. The SMILES string of the molecule is CN=C(NCCC(C)c1cccc(C(F)(F)F)c1)NCC1CC1. The van der Waals surface area contributed by atoms with E-state index in [1.807, 2.05) is 6.92 Å². The highest BCUT2D eigenvalue weighted by Gasteiger charge is 2.30. The molecule has 1 aromatic rings. The molecule has 1 fully saturated rings. The van der Waals surface area contributed by atoms with E-state index in [0.29, 0.717) is 12.1 Å². The molecule has 2 N–H and O–H groups in total. The van der Waals surface area contributed by atoms with Crippen LogP contribution in [0.15, 0.2) is 29.3 Å². The Morgan fingerprint density at radius 3 is 2.65 bits per heavy atom. The van der Waals surface area contributed by atoms with Gasteiger partial charge in [-0.3, -0.25) is 4.99 Å². The summed E-state index contributed by atoms with van der Waals surface area (Å²) < 4.78 is 38.3. The minimum atomic E-state index is -4.29. The van der Waals surface area contributed by atoms with Crippen molar-refractivity contribution >= 4 is 5.96 Å². The van der Waals surface area contributed by atoms with Crippen LogP contribution in [0.1, 0.15) is 43.2 Å². The number of rotatable bonds is 6. The van der Waals surface area contributed by atoms with Crippen LogP contribution in [-0.2, 0) is 6.18 Å². The maximum atomic E-state index is 12.8.